The second-order valence-electron chi connectivity index (χ2n) is 4.68. The summed E-state index contributed by atoms with van der Waals surface area (Å²) in [6.07, 6.45) is 0. The van der Waals surface area contributed by atoms with Crippen LogP contribution in [0.1, 0.15) is 0 Å². The highest BCUT2D eigenvalue weighted by Gasteiger charge is 2.11. The van der Waals surface area contributed by atoms with Gasteiger partial charge in [0.15, 0.2) is 0 Å². The molecule has 0 unspecified atom stereocenters. The number of benzene rings is 1. The van der Waals surface area contributed by atoms with Crippen LogP contribution in [0.25, 0.3) is 0 Å². The molecule has 2 amide bonds. The van der Waals surface area contributed by atoms with E-state index in [1.165, 1.54) is 0 Å². The molecule has 0 aromatic heterocycles. The Labute approximate surface area is 129 Å². The highest BCUT2D eigenvalue weighted by atomic mass is 35.5. The van der Waals surface area contributed by atoms with E-state index >= 15 is 0 Å². The molecule has 6 nitrogen and oxygen atoms in total. The first-order chi connectivity index (χ1) is 10.2. The van der Waals surface area contributed by atoms with Crippen molar-refractivity contribution in [2.24, 2.45) is 0 Å². The van der Waals surface area contributed by atoms with Gasteiger partial charge in [-0.1, -0.05) is 11.6 Å². The summed E-state index contributed by atoms with van der Waals surface area (Å²) in [5.41, 5.74) is 0.550. The van der Waals surface area contributed by atoms with Crippen molar-refractivity contribution in [3.05, 3.63) is 23.2 Å². The summed E-state index contributed by atoms with van der Waals surface area (Å²) in [4.78, 5) is 14.1. The van der Waals surface area contributed by atoms with Crippen LogP contribution in [0.3, 0.4) is 0 Å². The van der Waals surface area contributed by atoms with Crippen LogP contribution in [0.5, 0.6) is 5.75 Å². The Balaban J connectivity index is 1.77. The standard InChI is InChI=1S/C14H20ClN3O3/c1-20-13-3-2-11(15)10-12(13)17-14(19)16-4-5-18-6-8-21-9-7-18/h2-3,10H,4-9H2,1H3,(H2,16,17,19). The Morgan fingerprint density at radius 2 is 2.19 bits per heavy atom. The third-order valence-corrected chi connectivity index (χ3v) is 3.46. The number of carbonyl (C=O) groups is 1. The van der Waals surface area contributed by atoms with Gasteiger partial charge in [-0.25, -0.2) is 4.79 Å². The number of urea groups is 1. The van der Waals surface area contributed by atoms with Crippen LogP contribution in [0.2, 0.25) is 5.02 Å². The van der Waals surface area contributed by atoms with Gasteiger partial charge in [-0.2, -0.15) is 0 Å². The van der Waals surface area contributed by atoms with Gasteiger partial charge in [0.1, 0.15) is 5.75 Å². The molecule has 0 saturated carbocycles. The number of nitrogens with one attached hydrogen (secondary N) is 2. The van der Waals surface area contributed by atoms with Crippen LogP contribution in [-0.4, -0.2) is 57.4 Å². The predicted molar refractivity (Wildman–Crippen MR) is 82.3 cm³/mol. The molecule has 2 rings (SSSR count). The van der Waals surface area contributed by atoms with Gasteiger partial charge >= 0.3 is 6.03 Å². The molecule has 2 N–H and O–H groups in total. The largest absolute Gasteiger partial charge is 0.495 e. The Hall–Kier alpha value is -1.50. The number of halogens is 1. The minimum Gasteiger partial charge on any atom is -0.495 e. The van der Waals surface area contributed by atoms with Crippen LogP contribution in [0, 0.1) is 0 Å². The van der Waals surface area contributed by atoms with Gasteiger partial charge in [0.25, 0.3) is 0 Å². The van der Waals surface area contributed by atoms with E-state index in [9.17, 15) is 4.79 Å². The zero-order valence-corrected chi connectivity index (χ0v) is 12.8. The van der Waals surface area contributed by atoms with E-state index in [4.69, 9.17) is 21.1 Å². The molecule has 0 spiro atoms. The molecule has 0 bridgehead atoms. The lowest BCUT2D eigenvalue weighted by Gasteiger charge is -2.26. The number of methoxy groups -OCH3 is 1. The van der Waals surface area contributed by atoms with Gasteiger partial charge < -0.3 is 20.1 Å². The maximum atomic E-state index is 11.9. The minimum atomic E-state index is -0.274. The average molecular weight is 314 g/mol. The van der Waals surface area contributed by atoms with Gasteiger partial charge in [0.05, 0.1) is 26.0 Å². The predicted octanol–water partition coefficient (Wildman–Crippen LogP) is 1.80. The first kappa shape index (κ1) is 15.9. The number of ether oxygens (including phenoxy) is 2. The third-order valence-electron chi connectivity index (χ3n) is 3.23. The summed E-state index contributed by atoms with van der Waals surface area (Å²) in [6, 6.07) is 4.80. The van der Waals surface area contributed by atoms with E-state index < -0.39 is 0 Å². The molecule has 1 aliphatic heterocycles. The summed E-state index contributed by atoms with van der Waals surface area (Å²) < 4.78 is 10.5. The second-order valence-corrected chi connectivity index (χ2v) is 5.12. The molecule has 1 saturated heterocycles. The van der Waals surface area contributed by atoms with Crippen LogP contribution < -0.4 is 15.4 Å². The molecule has 0 atom stereocenters. The maximum absolute atomic E-state index is 11.9. The number of hydrogen-bond acceptors (Lipinski definition) is 4. The summed E-state index contributed by atoms with van der Waals surface area (Å²) in [5, 5.41) is 6.10. The molecule has 1 fully saturated rings. The highest BCUT2D eigenvalue weighted by Crippen LogP contribution is 2.27. The molecule has 1 aliphatic rings. The van der Waals surface area contributed by atoms with Crippen molar-refractivity contribution in [3.8, 4) is 5.75 Å². The number of carbonyl (C=O) groups excluding carboxylic acids is 1. The Morgan fingerprint density at radius 3 is 2.90 bits per heavy atom. The Kier molecular flexibility index (Phi) is 6.10. The Morgan fingerprint density at radius 1 is 1.43 bits per heavy atom. The van der Waals surface area contributed by atoms with Gasteiger partial charge in [0, 0.05) is 31.2 Å². The molecule has 116 valence electrons. The Bertz CT molecular complexity index is 479. The summed E-state index contributed by atoms with van der Waals surface area (Å²) in [6.45, 7) is 4.72. The SMILES string of the molecule is COc1ccc(Cl)cc1NC(=O)NCCN1CCOCC1. The van der Waals surface area contributed by atoms with Crippen molar-refractivity contribution in [3.63, 3.8) is 0 Å². The smallest absolute Gasteiger partial charge is 0.319 e. The third kappa shape index (κ3) is 5.08. The number of anilines is 1. The number of rotatable bonds is 5. The zero-order valence-electron chi connectivity index (χ0n) is 12.0. The highest BCUT2D eigenvalue weighted by molar-refractivity contribution is 6.31. The molecule has 21 heavy (non-hydrogen) atoms. The molecule has 1 aromatic carbocycles. The molecule has 1 aromatic rings. The fourth-order valence-electron chi connectivity index (χ4n) is 2.10. The molecular weight excluding hydrogens is 294 g/mol. The van der Waals surface area contributed by atoms with E-state index in [1.807, 2.05) is 0 Å². The number of morpholine rings is 1. The quantitative estimate of drug-likeness (QED) is 0.870. The molecule has 1 heterocycles. The topological polar surface area (TPSA) is 62.8 Å². The van der Waals surface area contributed by atoms with E-state index in [0.29, 0.717) is 23.0 Å². The summed E-state index contributed by atoms with van der Waals surface area (Å²) in [7, 11) is 1.55. The van der Waals surface area contributed by atoms with E-state index in [2.05, 4.69) is 15.5 Å². The van der Waals surface area contributed by atoms with E-state index in [-0.39, 0.29) is 6.03 Å². The van der Waals surface area contributed by atoms with Gasteiger partial charge in [-0.3, -0.25) is 4.90 Å². The fourth-order valence-corrected chi connectivity index (χ4v) is 2.27. The fraction of sp³-hybridized carbons (Fsp3) is 0.500. The van der Waals surface area contributed by atoms with Gasteiger partial charge in [0.2, 0.25) is 0 Å². The molecule has 0 aliphatic carbocycles. The summed E-state index contributed by atoms with van der Waals surface area (Å²) in [5.74, 6) is 0.572. The van der Waals surface area contributed by atoms with Crippen molar-refractivity contribution < 1.29 is 14.3 Å². The van der Waals surface area contributed by atoms with Crippen LogP contribution in [-0.2, 0) is 4.74 Å². The van der Waals surface area contributed by atoms with Crippen molar-refractivity contribution >= 4 is 23.3 Å². The first-order valence-corrected chi connectivity index (χ1v) is 7.25. The first-order valence-electron chi connectivity index (χ1n) is 6.87. The normalized spacial score (nSPS) is 15.5. The second kappa shape index (κ2) is 8.07. The zero-order chi connectivity index (χ0) is 15.1. The molecular formula is C14H20ClN3O3. The van der Waals surface area contributed by atoms with Gasteiger partial charge in [-0.05, 0) is 18.2 Å². The molecule has 7 heteroatoms. The lowest BCUT2D eigenvalue weighted by molar-refractivity contribution is 0.0388. The number of hydrogen-bond donors (Lipinski definition) is 2. The van der Waals surface area contributed by atoms with E-state index in [1.54, 1.807) is 25.3 Å². The van der Waals surface area contributed by atoms with Crippen molar-refractivity contribution in [2.75, 3.05) is 51.8 Å². The van der Waals surface area contributed by atoms with E-state index in [0.717, 1.165) is 32.8 Å². The summed E-state index contributed by atoms with van der Waals surface area (Å²) >= 11 is 5.92. The monoisotopic (exact) mass is 313 g/mol. The van der Waals surface area contributed by atoms with Crippen LogP contribution in [0.4, 0.5) is 10.5 Å². The lowest BCUT2D eigenvalue weighted by atomic mass is 10.3. The molecule has 0 radical (unpaired) electrons. The van der Waals surface area contributed by atoms with Crippen LogP contribution in [0.15, 0.2) is 18.2 Å². The number of amides is 2. The average Bonchev–Trinajstić information content (AvgIpc) is 2.48. The minimum absolute atomic E-state index is 0.274. The van der Waals surface area contributed by atoms with Crippen molar-refractivity contribution in [1.82, 2.24) is 10.2 Å². The van der Waals surface area contributed by atoms with Crippen molar-refractivity contribution in [1.29, 1.82) is 0 Å². The van der Waals surface area contributed by atoms with Crippen molar-refractivity contribution in [2.45, 2.75) is 0 Å². The maximum Gasteiger partial charge on any atom is 0.319 e. The number of nitrogens with zero attached hydrogens (tertiary/aromatic N) is 1. The van der Waals surface area contributed by atoms with Gasteiger partial charge in [-0.15, -0.1) is 0 Å². The lowest BCUT2D eigenvalue weighted by Crippen LogP contribution is -2.42. The van der Waals surface area contributed by atoms with Crippen LogP contribution >= 0.6 is 11.6 Å².